The minimum Gasteiger partial charge on any atom is -0.493 e. The van der Waals surface area contributed by atoms with Gasteiger partial charge in [-0.1, -0.05) is 18.2 Å². The second-order valence-electron chi connectivity index (χ2n) is 5.88. The number of ether oxygens (including phenoxy) is 2. The molecule has 1 heterocycles. The lowest BCUT2D eigenvalue weighted by atomic mass is 10.1. The number of hydrogen-bond acceptors (Lipinski definition) is 6. The number of methoxy groups -OCH3 is 1. The van der Waals surface area contributed by atoms with Crippen molar-refractivity contribution in [2.75, 3.05) is 7.11 Å². The van der Waals surface area contributed by atoms with Crippen molar-refractivity contribution in [1.29, 1.82) is 0 Å². The van der Waals surface area contributed by atoms with Gasteiger partial charge in [-0.3, -0.25) is 4.79 Å². The molecule has 0 saturated heterocycles. The number of thiophene rings is 1. The number of nitrogens with one attached hydrogen (secondary N) is 1. The number of carbonyl (C=O) groups excluding carboxylic acids is 1. The first kappa shape index (κ1) is 20.1. The largest absolute Gasteiger partial charge is 0.493 e. The van der Waals surface area contributed by atoms with Crippen molar-refractivity contribution in [3.63, 3.8) is 0 Å². The average molecular weight is 410 g/mol. The maximum Gasteiger partial charge on any atom is 0.335 e. The molecule has 0 aliphatic rings. The number of hydrazone groups is 1. The van der Waals surface area contributed by atoms with E-state index in [0.717, 1.165) is 5.56 Å². The summed E-state index contributed by atoms with van der Waals surface area (Å²) in [6.07, 6.45) is 1.51. The van der Waals surface area contributed by atoms with Gasteiger partial charge in [0.2, 0.25) is 0 Å². The van der Waals surface area contributed by atoms with Gasteiger partial charge in [0.15, 0.2) is 11.5 Å². The molecular weight excluding hydrogens is 392 g/mol. The quantitative estimate of drug-likeness (QED) is 0.435. The van der Waals surface area contributed by atoms with E-state index in [0.29, 0.717) is 21.9 Å². The molecule has 7 nitrogen and oxygen atoms in total. The zero-order chi connectivity index (χ0) is 20.6. The molecule has 1 aromatic heterocycles. The SMILES string of the molecule is COc1cc(/C=N/NC(=O)c2cccs2)ccc1OCc1cccc(C(=O)O)c1. The highest BCUT2D eigenvalue weighted by atomic mass is 32.1. The van der Waals surface area contributed by atoms with Gasteiger partial charge in [0, 0.05) is 0 Å². The lowest BCUT2D eigenvalue weighted by Crippen LogP contribution is -2.16. The van der Waals surface area contributed by atoms with E-state index in [-0.39, 0.29) is 18.1 Å². The molecule has 8 heteroatoms. The zero-order valence-corrected chi connectivity index (χ0v) is 16.3. The first-order valence-electron chi connectivity index (χ1n) is 8.57. The molecule has 3 rings (SSSR count). The first-order valence-corrected chi connectivity index (χ1v) is 9.45. The Balaban J connectivity index is 1.64. The molecule has 0 radical (unpaired) electrons. The van der Waals surface area contributed by atoms with Crippen LogP contribution in [0.1, 0.15) is 31.2 Å². The summed E-state index contributed by atoms with van der Waals surface area (Å²) in [5.74, 6) is -0.257. The maximum absolute atomic E-state index is 11.9. The van der Waals surface area contributed by atoms with Crippen LogP contribution in [0.15, 0.2) is 65.1 Å². The fourth-order valence-corrected chi connectivity index (χ4v) is 3.08. The Morgan fingerprint density at radius 2 is 2.00 bits per heavy atom. The molecule has 0 fully saturated rings. The van der Waals surface area contributed by atoms with E-state index in [4.69, 9.17) is 14.6 Å². The summed E-state index contributed by atoms with van der Waals surface area (Å²) in [7, 11) is 1.52. The van der Waals surface area contributed by atoms with E-state index >= 15 is 0 Å². The van der Waals surface area contributed by atoms with Crippen molar-refractivity contribution in [3.05, 3.63) is 81.5 Å². The van der Waals surface area contributed by atoms with Crippen LogP contribution in [0.3, 0.4) is 0 Å². The normalized spacial score (nSPS) is 10.7. The number of nitrogens with zero attached hydrogens (tertiary/aromatic N) is 1. The molecule has 0 aliphatic heterocycles. The Bertz CT molecular complexity index is 1030. The Labute approximate surface area is 171 Å². The van der Waals surface area contributed by atoms with Gasteiger partial charge in [-0.15, -0.1) is 11.3 Å². The molecule has 3 aromatic rings. The highest BCUT2D eigenvalue weighted by Crippen LogP contribution is 2.28. The summed E-state index contributed by atoms with van der Waals surface area (Å²) in [5.41, 5.74) is 4.12. The van der Waals surface area contributed by atoms with Crippen LogP contribution in [-0.2, 0) is 6.61 Å². The summed E-state index contributed by atoms with van der Waals surface area (Å²) in [5, 5.41) is 14.8. The molecule has 0 unspecified atom stereocenters. The number of hydrogen-bond donors (Lipinski definition) is 2. The molecule has 148 valence electrons. The molecule has 0 bridgehead atoms. The number of amides is 1. The van der Waals surface area contributed by atoms with E-state index in [1.165, 1.54) is 30.7 Å². The molecule has 0 saturated carbocycles. The van der Waals surface area contributed by atoms with Gasteiger partial charge in [0.25, 0.3) is 5.91 Å². The number of benzene rings is 2. The van der Waals surface area contributed by atoms with Gasteiger partial charge in [-0.25, -0.2) is 10.2 Å². The third-order valence-corrected chi connectivity index (χ3v) is 4.75. The van der Waals surface area contributed by atoms with Crippen LogP contribution in [0.25, 0.3) is 0 Å². The van der Waals surface area contributed by atoms with Gasteiger partial charge < -0.3 is 14.6 Å². The van der Waals surface area contributed by atoms with Crippen molar-refractivity contribution in [3.8, 4) is 11.5 Å². The lowest BCUT2D eigenvalue weighted by molar-refractivity contribution is 0.0696. The number of aromatic carboxylic acids is 1. The van der Waals surface area contributed by atoms with E-state index < -0.39 is 5.97 Å². The topological polar surface area (TPSA) is 97.2 Å². The van der Waals surface area contributed by atoms with Crippen LogP contribution in [0.2, 0.25) is 0 Å². The number of rotatable bonds is 8. The molecule has 2 N–H and O–H groups in total. The van der Waals surface area contributed by atoms with Crippen LogP contribution < -0.4 is 14.9 Å². The third kappa shape index (κ3) is 5.43. The summed E-state index contributed by atoms with van der Waals surface area (Å²) in [6, 6.07) is 15.3. The van der Waals surface area contributed by atoms with Crippen LogP contribution >= 0.6 is 11.3 Å². The Hall–Kier alpha value is -3.65. The minimum absolute atomic E-state index is 0.196. The standard InChI is InChI=1S/C21H18N2O5S/c1-27-18-11-14(12-22-23-20(24)19-6-3-9-29-19)7-8-17(18)28-13-15-4-2-5-16(10-15)21(25)26/h2-12H,13H2,1H3,(H,23,24)(H,25,26)/b22-12+. The number of carboxylic acid groups (broad SMARTS) is 1. The molecule has 2 aromatic carbocycles. The minimum atomic E-state index is -0.987. The summed E-state index contributed by atoms with van der Waals surface area (Å²) < 4.78 is 11.1. The van der Waals surface area contributed by atoms with Crippen molar-refractivity contribution >= 4 is 29.4 Å². The fraction of sp³-hybridized carbons (Fsp3) is 0.0952. The summed E-state index contributed by atoms with van der Waals surface area (Å²) in [6.45, 7) is 0.196. The predicted octanol–water partition coefficient (Wildman–Crippen LogP) is 3.80. The fourth-order valence-electron chi connectivity index (χ4n) is 2.47. The highest BCUT2D eigenvalue weighted by Gasteiger charge is 2.08. The molecule has 0 atom stereocenters. The van der Waals surface area contributed by atoms with Crippen molar-refractivity contribution < 1.29 is 24.2 Å². The van der Waals surface area contributed by atoms with Crippen LogP contribution in [0.5, 0.6) is 11.5 Å². The molecular formula is C21H18N2O5S. The van der Waals surface area contributed by atoms with Gasteiger partial charge in [0.05, 0.1) is 23.8 Å². The Morgan fingerprint density at radius 3 is 2.72 bits per heavy atom. The van der Waals surface area contributed by atoms with Crippen LogP contribution in [-0.4, -0.2) is 30.3 Å². The van der Waals surface area contributed by atoms with Gasteiger partial charge in [-0.05, 0) is 52.9 Å². The zero-order valence-electron chi connectivity index (χ0n) is 15.5. The smallest absolute Gasteiger partial charge is 0.335 e. The second kappa shape index (κ2) is 9.52. The average Bonchev–Trinajstić information content (AvgIpc) is 3.28. The Morgan fingerprint density at radius 1 is 1.14 bits per heavy atom. The van der Waals surface area contributed by atoms with E-state index in [1.807, 2.05) is 5.38 Å². The van der Waals surface area contributed by atoms with Crippen molar-refractivity contribution in [2.45, 2.75) is 6.61 Å². The van der Waals surface area contributed by atoms with Gasteiger partial charge in [-0.2, -0.15) is 5.10 Å². The monoisotopic (exact) mass is 410 g/mol. The van der Waals surface area contributed by atoms with Crippen LogP contribution in [0.4, 0.5) is 0 Å². The van der Waals surface area contributed by atoms with Crippen LogP contribution in [0, 0.1) is 0 Å². The second-order valence-corrected chi connectivity index (χ2v) is 6.83. The van der Waals surface area contributed by atoms with Crippen molar-refractivity contribution in [1.82, 2.24) is 5.43 Å². The lowest BCUT2D eigenvalue weighted by Gasteiger charge is -2.11. The maximum atomic E-state index is 11.9. The summed E-state index contributed by atoms with van der Waals surface area (Å²) >= 11 is 1.34. The molecule has 29 heavy (non-hydrogen) atoms. The van der Waals surface area contributed by atoms with Gasteiger partial charge in [0.1, 0.15) is 6.61 Å². The summed E-state index contributed by atoms with van der Waals surface area (Å²) in [4.78, 5) is 23.5. The first-order chi connectivity index (χ1) is 14.1. The number of carbonyl (C=O) groups is 2. The molecule has 0 aliphatic carbocycles. The Kier molecular flexibility index (Phi) is 6.59. The van der Waals surface area contributed by atoms with E-state index in [1.54, 1.807) is 48.5 Å². The molecule has 1 amide bonds. The van der Waals surface area contributed by atoms with Gasteiger partial charge >= 0.3 is 5.97 Å². The van der Waals surface area contributed by atoms with E-state index in [9.17, 15) is 9.59 Å². The number of carboxylic acids is 1. The predicted molar refractivity (Wildman–Crippen MR) is 110 cm³/mol. The van der Waals surface area contributed by atoms with E-state index in [2.05, 4.69) is 10.5 Å². The third-order valence-electron chi connectivity index (χ3n) is 3.88. The highest BCUT2D eigenvalue weighted by molar-refractivity contribution is 7.12. The molecule has 0 spiro atoms. The van der Waals surface area contributed by atoms with Crippen molar-refractivity contribution in [2.24, 2.45) is 5.10 Å².